The first-order valence-corrected chi connectivity index (χ1v) is 8.84. The molecule has 0 aliphatic rings. The molecule has 142 valence electrons. The van der Waals surface area contributed by atoms with Crippen molar-refractivity contribution < 1.29 is 40.0 Å². The van der Waals surface area contributed by atoms with Gasteiger partial charge in [-0.2, -0.15) is 21.6 Å². The first-order valence-electron chi connectivity index (χ1n) is 7.43. The van der Waals surface area contributed by atoms with Crippen LogP contribution in [-0.2, 0) is 23.8 Å². The maximum atomic E-state index is 12.0. The van der Waals surface area contributed by atoms with Gasteiger partial charge in [0.15, 0.2) is 6.29 Å². The van der Waals surface area contributed by atoms with Crippen LogP contribution in [0.2, 0.25) is 0 Å². The van der Waals surface area contributed by atoms with Gasteiger partial charge < -0.3 is 9.47 Å². The van der Waals surface area contributed by atoms with Gasteiger partial charge in [-0.15, -0.1) is 0 Å². The summed E-state index contributed by atoms with van der Waals surface area (Å²) in [5.41, 5.74) is -5.37. The number of unbranched alkanes of at least 4 members (excludes halogenated alkanes) is 2. The SMILES string of the molecule is CCCCOC(CCC)OCCCCOS(=O)(=O)C(F)(F)F.F. The standard InChI is InChI=1S/C13H25F3O5S.FH/c1-3-5-9-19-12(8-4-2)20-10-6-7-11-21-22(17,18)13(14,15)16;/h12H,3-11H2,1-2H3;1H. The van der Waals surface area contributed by atoms with E-state index < -0.39 is 22.2 Å². The average Bonchev–Trinajstić information content (AvgIpc) is 2.41. The predicted octanol–water partition coefficient (Wildman–Crippen LogP) is 3.74. The molecule has 0 spiro atoms. The van der Waals surface area contributed by atoms with Gasteiger partial charge in [-0.1, -0.05) is 26.7 Å². The van der Waals surface area contributed by atoms with E-state index in [0.717, 1.165) is 25.7 Å². The van der Waals surface area contributed by atoms with Gasteiger partial charge in [0.25, 0.3) is 0 Å². The van der Waals surface area contributed by atoms with Crippen molar-refractivity contribution in [2.45, 2.75) is 64.2 Å². The normalized spacial score (nSPS) is 13.6. The van der Waals surface area contributed by atoms with Gasteiger partial charge in [0.2, 0.25) is 0 Å². The fraction of sp³-hybridized carbons (Fsp3) is 1.00. The Balaban J connectivity index is 0. The van der Waals surface area contributed by atoms with E-state index in [9.17, 15) is 21.6 Å². The molecule has 0 heterocycles. The third-order valence-corrected chi connectivity index (χ3v) is 3.73. The molecule has 0 aromatic carbocycles. The zero-order chi connectivity index (χ0) is 17.1. The second kappa shape index (κ2) is 12.9. The molecule has 1 atom stereocenters. The minimum Gasteiger partial charge on any atom is -0.353 e. The maximum Gasteiger partial charge on any atom is 0.523 e. The summed E-state index contributed by atoms with van der Waals surface area (Å²) in [7, 11) is -5.49. The first kappa shape index (κ1) is 24.8. The number of halogens is 4. The van der Waals surface area contributed by atoms with Crippen molar-refractivity contribution in [3.63, 3.8) is 0 Å². The zero-order valence-electron chi connectivity index (χ0n) is 13.4. The molecule has 0 saturated carbocycles. The Morgan fingerprint density at radius 1 is 0.913 bits per heavy atom. The second-order valence-corrected chi connectivity index (χ2v) is 6.35. The molecule has 0 fully saturated rings. The molecule has 0 saturated heterocycles. The van der Waals surface area contributed by atoms with Crippen LogP contribution in [0, 0.1) is 0 Å². The molecular formula is C13H26F4O5S. The van der Waals surface area contributed by atoms with Gasteiger partial charge in [-0.25, -0.2) is 0 Å². The third-order valence-electron chi connectivity index (χ3n) is 2.69. The van der Waals surface area contributed by atoms with E-state index in [1.165, 1.54) is 0 Å². The average molecular weight is 370 g/mol. The topological polar surface area (TPSA) is 61.8 Å². The maximum absolute atomic E-state index is 12.0. The summed E-state index contributed by atoms with van der Waals surface area (Å²) in [5, 5.41) is 0. The fourth-order valence-electron chi connectivity index (χ4n) is 1.46. The van der Waals surface area contributed by atoms with Crippen LogP contribution in [0.25, 0.3) is 0 Å². The lowest BCUT2D eigenvalue weighted by Crippen LogP contribution is -2.26. The van der Waals surface area contributed by atoms with Gasteiger partial charge in [0.1, 0.15) is 0 Å². The highest BCUT2D eigenvalue weighted by Crippen LogP contribution is 2.24. The van der Waals surface area contributed by atoms with E-state index in [1.807, 2.05) is 13.8 Å². The lowest BCUT2D eigenvalue weighted by Gasteiger charge is -2.18. The van der Waals surface area contributed by atoms with E-state index in [1.54, 1.807) is 0 Å². The van der Waals surface area contributed by atoms with Gasteiger partial charge in [0.05, 0.1) is 6.61 Å². The van der Waals surface area contributed by atoms with Gasteiger partial charge in [-0.3, -0.25) is 8.89 Å². The Hall–Kier alpha value is -0.450. The highest BCUT2D eigenvalue weighted by molar-refractivity contribution is 7.87. The highest BCUT2D eigenvalue weighted by atomic mass is 32.2. The Kier molecular flexibility index (Phi) is 13.9. The molecule has 0 aliphatic heterocycles. The van der Waals surface area contributed by atoms with Crippen LogP contribution in [0.4, 0.5) is 17.9 Å². The molecule has 23 heavy (non-hydrogen) atoms. The number of rotatable bonds is 13. The van der Waals surface area contributed by atoms with Crippen LogP contribution in [0.15, 0.2) is 0 Å². The molecule has 0 aromatic heterocycles. The van der Waals surface area contributed by atoms with E-state index in [0.29, 0.717) is 13.0 Å². The van der Waals surface area contributed by atoms with Gasteiger partial charge in [-0.05, 0) is 25.7 Å². The third kappa shape index (κ3) is 11.7. The fourth-order valence-corrected chi connectivity index (χ4v) is 1.93. The molecule has 10 heteroatoms. The Morgan fingerprint density at radius 2 is 1.43 bits per heavy atom. The van der Waals surface area contributed by atoms with Crippen LogP contribution in [0.5, 0.6) is 0 Å². The molecule has 0 amide bonds. The molecule has 0 radical (unpaired) electrons. The molecular weight excluding hydrogens is 344 g/mol. The van der Waals surface area contributed by atoms with Crippen molar-refractivity contribution >= 4 is 10.1 Å². The molecule has 0 N–H and O–H groups in total. The van der Waals surface area contributed by atoms with Crippen LogP contribution < -0.4 is 0 Å². The number of hydrogen-bond donors (Lipinski definition) is 0. The number of hydrogen-bond acceptors (Lipinski definition) is 5. The molecule has 0 bridgehead atoms. The highest BCUT2D eigenvalue weighted by Gasteiger charge is 2.47. The van der Waals surface area contributed by atoms with Crippen molar-refractivity contribution in [1.82, 2.24) is 0 Å². The van der Waals surface area contributed by atoms with Gasteiger partial charge >= 0.3 is 15.6 Å². The summed E-state index contributed by atoms with van der Waals surface area (Å²) in [6.07, 6.45) is 3.81. The summed E-state index contributed by atoms with van der Waals surface area (Å²) in [6, 6.07) is 0. The van der Waals surface area contributed by atoms with Crippen molar-refractivity contribution in [2.75, 3.05) is 19.8 Å². The van der Waals surface area contributed by atoms with Crippen molar-refractivity contribution in [3.05, 3.63) is 0 Å². The summed E-state index contributed by atoms with van der Waals surface area (Å²) >= 11 is 0. The summed E-state index contributed by atoms with van der Waals surface area (Å²) in [4.78, 5) is 0. The second-order valence-electron chi connectivity index (χ2n) is 4.74. The van der Waals surface area contributed by atoms with E-state index in [2.05, 4.69) is 4.18 Å². The lowest BCUT2D eigenvalue weighted by atomic mass is 10.3. The molecule has 0 aliphatic carbocycles. The minimum atomic E-state index is -5.49. The largest absolute Gasteiger partial charge is 0.523 e. The minimum absolute atomic E-state index is 0. The van der Waals surface area contributed by atoms with Gasteiger partial charge in [0, 0.05) is 13.2 Å². The Bertz CT molecular complexity index is 373. The summed E-state index contributed by atoms with van der Waals surface area (Å²) in [5.74, 6) is 0. The van der Waals surface area contributed by atoms with E-state index >= 15 is 0 Å². The van der Waals surface area contributed by atoms with E-state index in [-0.39, 0.29) is 24.0 Å². The van der Waals surface area contributed by atoms with Crippen LogP contribution >= 0.6 is 0 Å². The summed E-state index contributed by atoms with van der Waals surface area (Å²) < 4.78 is 72.1. The molecule has 0 rings (SSSR count). The van der Waals surface area contributed by atoms with Crippen molar-refractivity contribution in [1.29, 1.82) is 0 Å². The van der Waals surface area contributed by atoms with Crippen LogP contribution in [0.1, 0.15) is 52.4 Å². The summed E-state index contributed by atoms with van der Waals surface area (Å²) in [6.45, 7) is 4.42. The molecule has 5 nitrogen and oxygen atoms in total. The van der Waals surface area contributed by atoms with Crippen LogP contribution in [-0.4, -0.2) is 40.0 Å². The van der Waals surface area contributed by atoms with Crippen molar-refractivity contribution in [2.24, 2.45) is 0 Å². The number of ether oxygens (including phenoxy) is 2. The van der Waals surface area contributed by atoms with E-state index in [4.69, 9.17) is 9.47 Å². The molecule has 0 aromatic rings. The number of alkyl halides is 3. The lowest BCUT2D eigenvalue weighted by molar-refractivity contribution is -0.147. The smallest absolute Gasteiger partial charge is 0.353 e. The first-order chi connectivity index (χ1) is 10.2. The van der Waals surface area contributed by atoms with Crippen molar-refractivity contribution in [3.8, 4) is 0 Å². The quantitative estimate of drug-likeness (QED) is 0.162. The molecule has 1 unspecified atom stereocenters. The Labute approximate surface area is 135 Å². The Morgan fingerprint density at radius 3 is 1.91 bits per heavy atom. The monoisotopic (exact) mass is 370 g/mol. The zero-order valence-corrected chi connectivity index (χ0v) is 14.2. The predicted molar refractivity (Wildman–Crippen MR) is 78.2 cm³/mol. The van der Waals surface area contributed by atoms with Crippen LogP contribution in [0.3, 0.4) is 0 Å².